The van der Waals surface area contributed by atoms with Gasteiger partial charge in [-0.1, -0.05) is 42.0 Å². The van der Waals surface area contributed by atoms with E-state index in [1.807, 2.05) is 104 Å². The van der Waals surface area contributed by atoms with Crippen LogP contribution in [0.4, 0.5) is 11.4 Å². The molecule has 2 aliphatic rings. The molecule has 2 amide bonds. The number of anilines is 2. The summed E-state index contributed by atoms with van der Waals surface area (Å²) in [5, 5.41) is 29.1. The Labute approximate surface area is 330 Å². The van der Waals surface area contributed by atoms with Gasteiger partial charge in [0.2, 0.25) is 0 Å². The summed E-state index contributed by atoms with van der Waals surface area (Å²) < 4.78 is 16.6. The van der Waals surface area contributed by atoms with Gasteiger partial charge in [-0.25, -0.2) is 0 Å². The summed E-state index contributed by atoms with van der Waals surface area (Å²) in [5.74, 6) is 0.131. The molecule has 2 aliphatic heterocycles. The number of aryl methyl sites for hydroxylation is 1. The Bertz CT molecular complexity index is 2160. The monoisotopic (exact) mass is 778 g/mol. The molecule has 4 heterocycles. The smallest absolute Gasteiger partial charge is 0.277 e. The number of benzene rings is 4. The molecule has 0 bridgehead atoms. The quantitative estimate of drug-likeness (QED) is 0.154. The molecule has 4 N–H and O–H groups in total. The van der Waals surface area contributed by atoms with Crippen molar-refractivity contribution < 1.29 is 23.8 Å². The number of ether oxygens (including phenoxy) is 3. The Morgan fingerprint density at radius 3 is 1.48 bits per heavy atom. The van der Waals surface area contributed by atoms with E-state index in [9.17, 15) is 9.59 Å². The maximum atomic E-state index is 12.5. The minimum absolute atomic E-state index is 0. The molecule has 6 aromatic rings. The Morgan fingerprint density at radius 1 is 0.661 bits per heavy atom. The van der Waals surface area contributed by atoms with E-state index in [0.29, 0.717) is 24.6 Å². The average Bonchev–Trinajstić information content (AvgIpc) is 3.95. The molecule has 2 fully saturated rings. The van der Waals surface area contributed by atoms with Crippen LogP contribution in [0, 0.1) is 6.92 Å². The Hall–Kier alpha value is -5.97. The SMILES string of the molecule is COc1ccc(-n2ncc(C(=O)Nc3ccc([C@H]4CNCCO4)cc3)n2)cc1.Cc1ccc(-n2ncc(C(=O)Nc3ccc([C@H]4CNCCO4)cc3)n2)cc1.Cl. The molecule has 16 heteroatoms. The maximum Gasteiger partial charge on any atom is 0.277 e. The van der Waals surface area contributed by atoms with Crippen LogP contribution in [0.2, 0.25) is 0 Å². The number of nitrogens with one attached hydrogen (secondary N) is 4. The molecule has 0 spiro atoms. The lowest BCUT2D eigenvalue weighted by molar-refractivity contribution is 0.0276. The standard InChI is InChI=1S/C20H21N5O3.C20H21N5O2.ClH/c1-27-17-8-6-16(7-9-17)25-22-12-18(24-25)20(26)23-15-4-2-14(3-5-15)19-13-21-10-11-28-19;1-14-2-8-17(9-3-14)25-22-12-18(24-25)20(26)23-16-6-4-15(5-7-16)19-13-21-10-11-27-19;/h2-9,12,19,21H,10-11,13H2,1H3,(H,23,26);2-9,12,19,21H,10-11,13H2,1H3,(H,23,26);1H/t2*19-;/m11./s1. The number of methoxy groups -OCH3 is 1. The Morgan fingerprint density at radius 2 is 1.09 bits per heavy atom. The minimum Gasteiger partial charge on any atom is -0.497 e. The number of halogens is 1. The second-order valence-corrected chi connectivity index (χ2v) is 12.9. The van der Waals surface area contributed by atoms with Crippen LogP contribution in [0.5, 0.6) is 5.75 Å². The number of morpholine rings is 2. The molecule has 0 aliphatic carbocycles. The van der Waals surface area contributed by atoms with Gasteiger partial charge in [-0.15, -0.1) is 22.6 Å². The number of nitrogens with zero attached hydrogens (tertiary/aromatic N) is 6. The topological polar surface area (TPSA) is 171 Å². The van der Waals surface area contributed by atoms with Crippen molar-refractivity contribution >= 4 is 35.6 Å². The normalized spacial score (nSPS) is 16.4. The van der Waals surface area contributed by atoms with Gasteiger partial charge in [-0.3, -0.25) is 9.59 Å². The fraction of sp³-hybridized carbons (Fsp3) is 0.250. The number of rotatable bonds is 9. The van der Waals surface area contributed by atoms with Crippen LogP contribution < -0.4 is 26.0 Å². The van der Waals surface area contributed by atoms with Crippen molar-refractivity contribution in [3.63, 3.8) is 0 Å². The summed E-state index contributed by atoms with van der Waals surface area (Å²) in [6.07, 6.45) is 3.00. The summed E-state index contributed by atoms with van der Waals surface area (Å²) in [7, 11) is 1.61. The van der Waals surface area contributed by atoms with E-state index in [0.717, 1.165) is 60.0 Å². The molecule has 0 radical (unpaired) electrons. The van der Waals surface area contributed by atoms with Crippen molar-refractivity contribution in [2.24, 2.45) is 0 Å². The van der Waals surface area contributed by atoms with Gasteiger partial charge in [0.1, 0.15) is 5.75 Å². The third-order valence-corrected chi connectivity index (χ3v) is 8.95. The van der Waals surface area contributed by atoms with Crippen LogP contribution in [-0.4, -0.2) is 88.3 Å². The fourth-order valence-corrected chi connectivity index (χ4v) is 5.89. The first-order chi connectivity index (χ1) is 26.9. The average molecular weight is 779 g/mol. The lowest BCUT2D eigenvalue weighted by Gasteiger charge is -2.24. The van der Waals surface area contributed by atoms with Gasteiger partial charge in [-0.2, -0.15) is 19.8 Å². The zero-order valence-corrected chi connectivity index (χ0v) is 31.7. The van der Waals surface area contributed by atoms with Gasteiger partial charge in [0.25, 0.3) is 11.8 Å². The minimum atomic E-state index is -0.317. The molecule has 2 saturated heterocycles. The summed E-state index contributed by atoms with van der Waals surface area (Å²) in [6.45, 7) is 6.78. The molecule has 15 nitrogen and oxygen atoms in total. The highest BCUT2D eigenvalue weighted by Gasteiger charge is 2.18. The molecule has 2 atom stereocenters. The van der Waals surface area contributed by atoms with E-state index in [-0.39, 0.29) is 47.8 Å². The van der Waals surface area contributed by atoms with Crippen LogP contribution >= 0.6 is 12.4 Å². The van der Waals surface area contributed by atoms with Crippen LogP contribution in [-0.2, 0) is 9.47 Å². The molecular weight excluding hydrogens is 736 g/mol. The molecular formula is C40H43ClN10O5. The predicted octanol–water partition coefficient (Wildman–Crippen LogP) is 5.10. The van der Waals surface area contributed by atoms with E-state index in [1.165, 1.54) is 22.0 Å². The van der Waals surface area contributed by atoms with Gasteiger partial charge in [-0.05, 0) is 78.7 Å². The van der Waals surface area contributed by atoms with Crippen LogP contribution in [0.1, 0.15) is 49.9 Å². The van der Waals surface area contributed by atoms with Crippen molar-refractivity contribution in [1.29, 1.82) is 0 Å². The lowest BCUT2D eigenvalue weighted by Crippen LogP contribution is -2.33. The molecule has 290 valence electrons. The van der Waals surface area contributed by atoms with Gasteiger partial charge < -0.3 is 35.5 Å². The van der Waals surface area contributed by atoms with Gasteiger partial charge >= 0.3 is 0 Å². The first-order valence-electron chi connectivity index (χ1n) is 18.0. The number of hydrogen-bond donors (Lipinski definition) is 4. The second-order valence-electron chi connectivity index (χ2n) is 12.9. The number of carbonyl (C=O) groups is 2. The second kappa shape index (κ2) is 19.1. The van der Waals surface area contributed by atoms with Crippen molar-refractivity contribution in [1.82, 2.24) is 40.6 Å². The lowest BCUT2D eigenvalue weighted by atomic mass is 10.1. The van der Waals surface area contributed by atoms with Crippen molar-refractivity contribution in [2.75, 3.05) is 57.1 Å². The summed E-state index contributed by atoms with van der Waals surface area (Å²) in [4.78, 5) is 27.8. The van der Waals surface area contributed by atoms with Crippen LogP contribution in [0.25, 0.3) is 11.4 Å². The summed E-state index contributed by atoms with van der Waals surface area (Å²) >= 11 is 0. The number of amides is 2. The highest BCUT2D eigenvalue weighted by atomic mass is 35.5. The molecule has 0 saturated carbocycles. The summed E-state index contributed by atoms with van der Waals surface area (Å²) in [5.41, 5.74) is 6.77. The van der Waals surface area contributed by atoms with E-state index < -0.39 is 0 Å². The van der Waals surface area contributed by atoms with E-state index >= 15 is 0 Å². The zero-order valence-electron chi connectivity index (χ0n) is 30.9. The third-order valence-electron chi connectivity index (χ3n) is 8.95. The number of carbonyl (C=O) groups excluding carboxylic acids is 2. The zero-order chi connectivity index (χ0) is 38.0. The number of aromatic nitrogens is 6. The first kappa shape index (κ1) is 39.7. The van der Waals surface area contributed by atoms with Gasteiger partial charge in [0.05, 0.1) is 56.3 Å². The van der Waals surface area contributed by atoms with E-state index in [4.69, 9.17) is 14.2 Å². The van der Waals surface area contributed by atoms with E-state index in [1.54, 1.807) is 7.11 Å². The predicted molar refractivity (Wildman–Crippen MR) is 213 cm³/mol. The first-order valence-corrected chi connectivity index (χ1v) is 18.0. The van der Waals surface area contributed by atoms with Crippen LogP contribution in [0.3, 0.4) is 0 Å². The van der Waals surface area contributed by atoms with Gasteiger partial charge in [0, 0.05) is 37.6 Å². The van der Waals surface area contributed by atoms with Crippen LogP contribution in [0.15, 0.2) is 109 Å². The van der Waals surface area contributed by atoms with E-state index in [2.05, 4.69) is 41.7 Å². The summed E-state index contributed by atoms with van der Waals surface area (Å²) in [6, 6.07) is 30.4. The third kappa shape index (κ3) is 10.2. The molecule has 2 aromatic heterocycles. The largest absolute Gasteiger partial charge is 0.497 e. The van der Waals surface area contributed by atoms with Crippen molar-refractivity contribution in [2.45, 2.75) is 19.1 Å². The fourth-order valence-electron chi connectivity index (χ4n) is 5.89. The molecule has 0 unspecified atom stereocenters. The Balaban J connectivity index is 0.000000187. The molecule has 56 heavy (non-hydrogen) atoms. The van der Waals surface area contributed by atoms with Crippen molar-refractivity contribution in [3.05, 3.63) is 138 Å². The Kier molecular flexibility index (Phi) is 13.5. The highest BCUT2D eigenvalue weighted by molar-refractivity contribution is 6.03. The van der Waals surface area contributed by atoms with Gasteiger partial charge in [0.15, 0.2) is 11.4 Å². The number of hydrogen-bond acceptors (Lipinski definition) is 11. The van der Waals surface area contributed by atoms with Crippen molar-refractivity contribution in [3.8, 4) is 17.1 Å². The molecule has 4 aromatic carbocycles. The highest BCUT2D eigenvalue weighted by Crippen LogP contribution is 2.22. The molecule has 8 rings (SSSR count). The maximum absolute atomic E-state index is 12.5.